The Morgan fingerprint density at radius 3 is 1.90 bits per heavy atom. The summed E-state index contributed by atoms with van der Waals surface area (Å²) in [5.74, 6) is -3.30. The first-order valence-corrected chi connectivity index (χ1v) is 20.5. The molecule has 6 aromatic carbocycles. The maximum Gasteiger partial charge on any atom is 0.262 e. The van der Waals surface area contributed by atoms with Gasteiger partial charge < -0.3 is 5.11 Å². The number of rotatable bonds is 7. The number of hydrogen-bond donors (Lipinski definition) is 1. The van der Waals surface area contributed by atoms with Crippen molar-refractivity contribution in [1.29, 1.82) is 0 Å². The molecule has 3 amide bonds. The van der Waals surface area contributed by atoms with Gasteiger partial charge in [0, 0.05) is 32.7 Å². The summed E-state index contributed by atoms with van der Waals surface area (Å²) in [6.45, 7) is -0.157. The van der Waals surface area contributed by atoms with Crippen LogP contribution >= 0.6 is 46.6 Å². The minimum atomic E-state index is -1.67. The molecule has 0 bridgehead atoms. The van der Waals surface area contributed by atoms with Crippen LogP contribution in [0.25, 0.3) is 21.7 Å². The first-order valence-electron chi connectivity index (χ1n) is 18.4. The van der Waals surface area contributed by atoms with E-state index >= 15 is 0 Å². The topological polar surface area (TPSA) is 125 Å². The second-order valence-electron chi connectivity index (χ2n) is 14.4. The van der Waals surface area contributed by atoms with E-state index in [4.69, 9.17) is 39.8 Å². The largest absolute Gasteiger partial charge is 0.369 e. The Bertz CT molecular complexity index is 2980. The maximum atomic E-state index is 14.6. The highest BCUT2D eigenvalue weighted by atomic mass is 35.5. The van der Waals surface area contributed by atoms with E-state index in [1.54, 1.807) is 54.6 Å². The van der Waals surface area contributed by atoms with Gasteiger partial charge in [0.1, 0.15) is 5.92 Å². The zero-order valence-electron chi connectivity index (χ0n) is 30.4. The van der Waals surface area contributed by atoms with Gasteiger partial charge in [-0.3, -0.25) is 33.8 Å². The Morgan fingerprint density at radius 1 is 0.644 bits per heavy atom. The maximum absolute atomic E-state index is 14.6. The molecule has 0 saturated carbocycles. The molecule has 0 saturated heterocycles. The number of hydrogen-bond acceptors (Lipinski definition) is 8. The van der Waals surface area contributed by atoms with Gasteiger partial charge >= 0.3 is 0 Å². The van der Waals surface area contributed by atoms with E-state index in [1.165, 1.54) is 17.8 Å². The molecule has 288 valence electrons. The molecule has 1 aromatic heterocycles. The first kappa shape index (κ1) is 37.4. The number of carbonyl (C=O) groups excluding carboxylic acids is 5. The lowest BCUT2D eigenvalue weighted by Gasteiger charge is -2.24. The normalized spacial score (nSPS) is 16.2. The van der Waals surface area contributed by atoms with Crippen molar-refractivity contribution in [3.63, 3.8) is 0 Å². The highest BCUT2D eigenvalue weighted by Gasteiger charge is 2.45. The number of amides is 3. The summed E-state index contributed by atoms with van der Waals surface area (Å²) in [5.41, 5.74) is 2.90. The van der Waals surface area contributed by atoms with Crippen LogP contribution in [0.3, 0.4) is 0 Å². The number of imide groups is 1. The number of halogens is 3. The summed E-state index contributed by atoms with van der Waals surface area (Å²) < 4.78 is 0. The van der Waals surface area contributed by atoms with E-state index in [0.717, 1.165) is 26.1 Å². The SMILES string of the molecule is O=C1c2cc3ccccc3cc2C(=O)C1c1ccc2c(CN3C(=O)c4ccccc4C3=O)ccc(N3C(=O)c4c(Cl)c(SCc5ccccc5)c(Cl)c(Cl)c4C3O)c2n1. The summed E-state index contributed by atoms with van der Waals surface area (Å²) in [6, 6.07) is 33.4. The number of benzene rings is 6. The summed E-state index contributed by atoms with van der Waals surface area (Å²) in [5, 5.41) is 14.0. The van der Waals surface area contributed by atoms with Crippen molar-refractivity contribution in [1.82, 2.24) is 9.88 Å². The number of nitrogens with zero attached hydrogens (tertiary/aromatic N) is 3. The van der Waals surface area contributed by atoms with Crippen molar-refractivity contribution >= 4 is 103 Å². The summed E-state index contributed by atoms with van der Waals surface area (Å²) in [6.07, 6.45) is -1.67. The van der Waals surface area contributed by atoms with E-state index in [1.807, 2.05) is 54.6 Å². The Kier molecular flexibility index (Phi) is 8.97. The fourth-order valence-electron chi connectivity index (χ4n) is 8.24. The predicted molar refractivity (Wildman–Crippen MR) is 227 cm³/mol. The lowest BCUT2D eigenvalue weighted by atomic mass is 9.97. The number of anilines is 1. The number of carbonyl (C=O) groups is 5. The van der Waals surface area contributed by atoms with Gasteiger partial charge in [0.15, 0.2) is 17.8 Å². The van der Waals surface area contributed by atoms with Gasteiger partial charge in [0.05, 0.1) is 55.2 Å². The highest BCUT2D eigenvalue weighted by molar-refractivity contribution is 7.98. The molecule has 0 fully saturated rings. The Balaban J connectivity index is 1.09. The Morgan fingerprint density at radius 2 is 1.25 bits per heavy atom. The predicted octanol–water partition coefficient (Wildman–Crippen LogP) is 10.3. The van der Waals surface area contributed by atoms with Crippen LogP contribution in [0, 0.1) is 0 Å². The molecule has 1 aliphatic carbocycles. The van der Waals surface area contributed by atoms with Gasteiger partial charge in [-0.1, -0.05) is 114 Å². The van der Waals surface area contributed by atoms with E-state index < -0.39 is 41.4 Å². The third-order valence-electron chi connectivity index (χ3n) is 11.1. The molecule has 2 aliphatic heterocycles. The van der Waals surface area contributed by atoms with Crippen molar-refractivity contribution in [2.75, 3.05) is 4.90 Å². The van der Waals surface area contributed by atoms with Crippen molar-refractivity contribution in [2.24, 2.45) is 0 Å². The quantitative estimate of drug-likeness (QED) is 0.0727. The number of Topliss-reactive ketones (excluding diaryl/α,β-unsaturated/α-hetero) is 2. The van der Waals surface area contributed by atoms with Crippen LogP contribution in [0.1, 0.15) is 86.3 Å². The summed E-state index contributed by atoms with van der Waals surface area (Å²) in [4.78, 5) is 77.1. The van der Waals surface area contributed by atoms with Gasteiger partial charge in [-0.25, -0.2) is 4.98 Å². The molecule has 1 N–H and O–H groups in total. The summed E-state index contributed by atoms with van der Waals surface area (Å²) in [7, 11) is 0. The van der Waals surface area contributed by atoms with Crippen LogP contribution in [-0.2, 0) is 12.3 Å². The zero-order chi connectivity index (χ0) is 40.9. The number of aromatic nitrogens is 1. The van der Waals surface area contributed by atoms with E-state index in [-0.39, 0.29) is 71.9 Å². The van der Waals surface area contributed by atoms with E-state index in [2.05, 4.69) is 0 Å². The van der Waals surface area contributed by atoms with E-state index in [0.29, 0.717) is 21.6 Å². The molecule has 0 radical (unpaired) electrons. The molecular weight excluding hydrogens is 829 g/mol. The minimum absolute atomic E-state index is 0.0128. The van der Waals surface area contributed by atoms with E-state index in [9.17, 15) is 29.1 Å². The Labute approximate surface area is 355 Å². The van der Waals surface area contributed by atoms with Gasteiger partial charge in [-0.15, -0.1) is 11.8 Å². The smallest absolute Gasteiger partial charge is 0.262 e. The van der Waals surface area contributed by atoms with Gasteiger partial charge in [0.25, 0.3) is 17.7 Å². The third kappa shape index (κ3) is 5.73. The third-order valence-corrected chi connectivity index (χ3v) is 13.8. The van der Waals surface area contributed by atoms with Crippen LogP contribution in [0.15, 0.2) is 120 Å². The number of pyridine rings is 1. The van der Waals surface area contributed by atoms with Crippen molar-refractivity contribution < 1.29 is 29.1 Å². The molecule has 9 nitrogen and oxygen atoms in total. The number of ketones is 2. The second kappa shape index (κ2) is 14.1. The average Bonchev–Trinajstić information content (AvgIpc) is 3.76. The Hall–Kier alpha value is -5.88. The van der Waals surface area contributed by atoms with Crippen LogP contribution in [0.2, 0.25) is 15.1 Å². The summed E-state index contributed by atoms with van der Waals surface area (Å²) >= 11 is 21.9. The average molecular weight is 855 g/mol. The zero-order valence-corrected chi connectivity index (χ0v) is 33.5. The standard InChI is InChI=1S/C46H26Cl3N3O6S/c47-36-34-35(37(48)42(38(36)49)59-21-22-8-2-1-3-9-22)46(58)52(45(34)57)32-17-14-25(20-51-43(55)27-12-6-7-13-28(27)44(51)56)26-15-16-31(50-39(26)32)33-40(53)29-18-23-10-4-5-11-24(23)19-30(29)41(33)54/h1-19,33,45,57H,20-21H2. The monoisotopic (exact) mass is 853 g/mol. The van der Waals surface area contributed by atoms with Gasteiger partial charge in [-0.05, 0) is 58.3 Å². The second-order valence-corrected chi connectivity index (χ2v) is 16.5. The van der Waals surface area contributed by atoms with Crippen molar-refractivity contribution in [2.45, 2.75) is 29.3 Å². The molecule has 7 aromatic rings. The molecule has 3 aliphatic rings. The van der Waals surface area contributed by atoms with Crippen LogP contribution in [0.5, 0.6) is 0 Å². The number of aliphatic hydroxyl groups excluding tert-OH is 1. The molecule has 10 rings (SSSR count). The highest BCUT2D eigenvalue weighted by Crippen LogP contribution is 2.52. The molecule has 0 spiro atoms. The van der Waals surface area contributed by atoms with Gasteiger partial charge in [0.2, 0.25) is 0 Å². The molecule has 1 atom stereocenters. The molecule has 13 heteroatoms. The van der Waals surface area contributed by atoms with Crippen LogP contribution < -0.4 is 4.90 Å². The number of fused-ring (bicyclic) bond motifs is 5. The molecular formula is C46H26Cl3N3O6S. The van der Waals surface area contributed by atoms with Crippen LogP contribution in [0.4, 0.5) is 5.69 Å². The van der Waals surface area contributed by atoms with Gasteiger partial charge in [-0.2, -0.15) is 0 Å². The number of thioether (sulfide) groups is 1. The fraction of sp³-hybridized carbons (Fsp3) is 0.0870. The minimum Gasteiger partial charge on any atom is -0.369 e. The van der Waals surface area contributed by atoms with Crippen molar-refractivity contribution in [3.05, 3.63) is 181 Å². The molecule has 1 unspecified atom stereocenters. The van der Waals surface area contributed by atoms with Crippen molar-refractivity contribution in [3.8, 4) is 0 Å². The first-order chi connectivity index (χ1) is 28.5. The molecule has 59 heavy (non-hydrogen) atoms. The lowest BCUT2D eigenvalue weighted by molar-refractivity contribution is 0.0641. The van der Waals surface area contributed by atoms with Crippen LogP contribution in [-0.4, -0.2) is 44.3 Å². The number of aliphatic hydroxyl groups is 1. The fourth-order valence-corrected chi connectivity index (χ4v) is 10.4. The molecule has 3 heterocycles. The lowest BCUT2D eigenvalue weighted by Crippen LogP contribution is -2.30.